The number of carbonyl (C=O) groups excluding carboxylic acids is 5. The Morgan fingerprint density at radius 3 is 1.90 bits per heavy atom. The van der Waals surface area contributed by atoms with Crippen LogP contribution in [0.15, 0.2) is 54.6 Å². The van der Waals surface area contributed by atoms with Gasteiger partial charge in [-0.25, -0.2) is 4.79 Å². The molecule has 10 N–H and O–H groups in total. The molecule has 266 valence electrons. The number of phenolic OH excluding ortho intramolecular Hbond substituents is 1. The first kappa shape index (κ1) is 39.7. The van der Waals surface area contributed by atoms with Crippen LogP contribution in [0.25, 0.3) is 0 Å². The number of hydrogen-bond donors (Lipinski definition) is 9. The summed E-state index contributed by atoms with van der Waals surface area (Å²) in [6, 6.07) is 8.46. The van der Waals surface area contributed by atoms with Gasteiger partial charge in [0.15, 0.2) is 0 Å². The minimum absolute atomic E-state index is 0.0106. The van der Waals surface area contributed by atoms with Crippen LogP contribution in [0, 0.1) is 5.92 Å². The van der Waals surface area contributed by atoms with Gasteiger partial charge in [-0.1, -0.05) is 62.7 Å². The van der Waals surface area contributed by atoms with Crippen LogP contribution >= 0.6 is 0 Å². The summed E-state index contributed by atoms with van der Waals surface area (Å²) >= 11 is 0. The lowest BCUT2D eigenvalue weighted by molar-refractivity contribution is -0.147. The molecule has 0 aliphatic rings. The van der Waals surface area contributed by atoms with Crippen molar-refractivity contribution in [1.29, 1.82) is 0 Å². The molecule has 0 saturated carbocycles. The topological polar surface area (TPSA) is 266 Å². The molecule has 16 heteroatoms. The summed E-state index contributed by atoms with van der Waals surface area (Å²) in [5.41, 5.74) is 7.31. The molecule has 49 heavy (non-hydrogen) atoms. The molecular weight excluding hydrogens is 640 g/mol. The maximum absolute atomic E-state index is 13.5. The molecule has 2 rings (SSSR count). The standard InChI is InChI=1S/C33H44N6O10/c1-4-18(2)28(32(47)38-25(33(48)49)16-27(42)43)39-31(46)24(15-20-8-6-5-7-9-20)37-26(41)17-35-29(44)19(3)36-30(45)23(34)14-21-10-12-22(40)13-11-21/h5-13,18-19,23-25,28,40H,4,14-17,34H2,1-3H3,(H,35,44)(H,36,45)(H,37,41)(H,38,47)(H,39,46)(H,42,43)(H,48,49)/t18-,19-,23-,24-,25-,28-/m0/s1. The van der Waals surface area contributed by atoms with Gasteiger partial charge in [0.05, 0.1) is 19.0 Å². The summed E-state index contributed by atoms with van der Waals surface area (Å²) in [7, 11) is 0. The number of phenols is 1. The summed E-state index contributed by atoms with van der Waals surface area (Å²) < 4.78 is 0. The summed E-state index contributed by atoms with van der Waals surface area (Å²) in [5.74, 6) is -7.22. The second kappa shape index (κ2) is 19.3. The average Bonchev–Trinajstić information content (AvgIpc) is 3.06. The summed E-state index contributed by atoms with van der Waals surface area (Å²) in [4.78, 5) is 87.3. The predicted molar refractivity (Wildman–Crippen MR) is 176 cm³/mol. The van der Waals surface area contributed by atoms with Gasteiger partial charge < -0.3 is 47.6 Å². The van der Waals surface area contributed by atoms with E-state index in [0.717, 1.165) is 0 Å². The molecule has 0 bridgehead atoms. The van der Waals surface area contributed by atoms with Crippen molar-refractivity contribution in [3.8, 4) is 5.75 Å². The molecule has 0 spiro atoms. The number of hydrogen-bond acceptors (Lipinski definition) is 9. The molecule has 0 saturated heterocycles. The van der Waals surface area contributed by atoms with E-state index < -0.39 is 90.6 Å². The van der Waals surface area contributed by atoms with Crippen molar-refractivity contribution in [3.05, 3.63) is 65.7 Å². The number of rotatable bonds is 19. The lowest BCUT2D eigenvalue weighted by Gasteiger charge is -2.27. The number of benzene rings is 2. The van der Waals surface area contributed by atoms with Crippen LogP contribution in [0.2, 0.25) is 0 Å². The quantitative estimate of drug-likeness (QED) is 0.0883. The highest BCUT2D eigenvalue weighted by atomic mass is 16.4. The molecule has 6 atom stereocenters. The third-order valence-electron chi connectivity index (χ3n) is 7.62. The average molecular weight is 685 g/mol. The molecule has 2 aromatic rings. The highest BCUT2D eigenvalue weighted by Gasteiger charge is 2.33. The van der Waals surface area contributed by atoms with Gasteiger partial charge in [-0.2, -0.15) is 0 Å². The lowest BCUT2D eigenvalue weighted by Crippen LogP contribution is -2.59. The van der Waals surface area contributed by atoms with Crippen molar-refractivity contribution in [3.63, 3.8) is 0 Å². The van der Waals surface area contributed by atoms with Gasteiger partial charge in [-0.15, -0.1) is 0 Å². The highest BCUT2D eigenvalue weighted by Crippen LogP contribution is 2.12. The second-order valence-corrected chi connectivity index (χ2v) is 11.6. The monoisotopic (exact) mass is 684 g/mol. The number of amides is 5. The van der Waals surface area contributed by atoms with E-state index in [1.807, 2.05) is 0 Å². The number of carboxylic acid groups (broad SMARTS) is 2. The molecule has 5 amide bonds. The zero-order valence-corrected chi connectivity index (χ0v) is 27.5. The summed E-state index contributed by atoms with van der Waals surface area (Å²) in [6.07, 6.45) is -0.359. The van der Waals surface area contributed by atoms with Crippen LogP contribution in [0.4, 0.5) is 0 Å². The number of aromatic hydroxyl groups is 1. The first-order valence-electron chi connectivity index (χ1n) is 15.6. The van der Waals surface area contributed by atoms with E-state index in [2.05, 4.69) is 26.6 Å². The first-order chi connectivity index (χ1) is 23.1. The van der Waals surface area contributed by atoms with Crippen LogP contribution in [-0.4, -0.2) is 93.5 Å². The smallest absolute Gasteiger partial charge is 0.326 e. The minimum atomic E-state index is -1.74. The van der Waals surface area contributed by atoms with E-state index in [9.17, 15) is 43.8 Å². The maximum atomic E-state index is 13.5. The number of nitrogens with one attached hydrogen (secondary N) is 5. The number of carbonyl (C=O) groups is 7. The van der Waals surface area contributed by atoms with Gasteiger partial charge in [0.1, 0.15) is 29.9 Å². The molecule has 16 nitrogen and oxygen atoms in total. The molecule has 0 radical (unpaired) electrons. The van der Waals surface area contributed by atoms with Crippen molar-refractivity contribution in [2.75, 3.05) is 6.54 Å². The van der Waals surface area contributed by atoms with E-state index in [-0.39, 0.29) is 18.6 Å². The summed E-state index contributed by atoms with van der Waals surface area (Å²) in [5, 5.41) is 39.9. The zero-order valence-electron chi connectivity index (χ0n) is 27.5. The van der Waals surface area contributed by atoms with Gasteiger partial charge in [0.25, 0.3) is 0 Å². The molecule has 0 aliphatic heterocycles. The fraction of sp³-hybridized carbons (Fsp3) is 0.424. The van der Waals surface area contributed by atoms with E-state index in [1.165, 1.54) is 19.1 Å². The minimum Gasteiger partial charge on any atom is -0.508 e. The van der Waals surface area contributed by atoms with Gasteiger partial charge in [-0.05, 0) is 42.5 Å². The van der Waals surface area contributed by atoms with Crippen LogP contribution in [0.5, 0.6) is 5.75 Å². The van der Waals surface area contributed by atoms with Gasteiger partial charge in [0, 0.05) is 6.42 Å². The Kier molecular flexibility index (Phi) is 15.7. The lowest BCUT2D eigenvalue weighted by atomic mass is 9.96. The fourth-order valence-corrected chi connectivity index (χ4v) is 4.58. The van der Waals surface area contributed by atoms with E-state index in [0.29, 0.717) is 17.5 Å². The molecule has 2 aromatic carbocycles. The van der Waals surface area contributed by atoms with Crippen molar-refractivity contribution in [2.24, 2.45) is 11.7 Å². The SMILES string of the molecule is CC[C@H](C)[C@H](NC(=O)[C@H](Cc1ccccc1)NC(=O)CNC(=O)[C@H](C)NC(=O)[C@@H](N)Cc1ccc(O)cc1)C(=O)N[C@@H](CC(=O)O)C(=O)O. The normalized spacial score (nSPS) is 14.4. The molecule has 0 fully saturated rings. The zero-order chi connectivity index (χ0) is 36.7. The van der Waals surface area contributed by atoms with Gasteiger partial charge in [0.2, 0.25) is 29.5 Å². The fourth-order valence-electron chi connectivity index (χ4n) is 4.58. The molecule has 0 unspecified atom stereocenters. The third kappa shape index (κ3) is 13.6. The first-order valence-corrected chi connectivity index (χ1v) is 15.6. The van der Waals surface area contributed by atoms with Crippen molar-refractivity contribution in [2.45, 2.75) is 76.7 Å². The number of nitrogens with two attached hydrogens (primary N) is 1. The Hall–Kier alpha value is -5.51. The highest BCUT2D eigenvalue weighted by molar-refractivity contribution is 5.95. The molecule has 0 aliphatic carbocycles. The van der Waals surface area contributed by atoms with Crippen LogP contribution in [0.3, 0.4) is 0 Å². The largest absolute Gasteiger partial charge is 0.508 e. The van der Waals surface area contributed by atoms with Crippen LogP contribution < -0.4 is 32.3 Å². The Balaban J connectivity index is 2.07. The van der Waals surface area contributed by atoms with Crippen LogP contribution in [-0.2, 0) is 46.4 Å². The Morgan fingerprint density at radius 1 is 0.714 bits per heavy atom. The van der Waals surface area contributed by atoms with E-state index >= 15 is 0 Å². The maximum Gasteiger partial charge on any atom is 0.326 e. The Bertz CT molecular complexity index is 1470. The van der Waals surface area contributed by atoms with Gasteiger partial charge in [-0.3, -0.25) is 28.8 Å². The predicted octanol–water partition coefficient (Wildman–Crippen LogP) is -0.815. The van der Waals surface area contributed by atoms with Crippen molar-refractivity contribution >= 4 is 41.5 Å². The number of carboxylic acids is 2. The van der Waals surface area contributed by atoms with Crippen molar-refractivity contribution in [1.82, 2.24) is 26.6 Å². The van der Waals surface area contributed by atoms with Crippen LogP contribution in [0.1, 0.15) is 44.7 Å². The Labute approximate surface area is 283 Å². The van der Waals surface area contributed by atoms with E-state index in [4.69, 9.17) is 10.8 Å². The third-order valence-corrected chi connectivity index (χ3v) is 7.62. The van der Waals surface area contributed by atoms with Crippen molar-refractivity contribution < 1.29 is 48.9 Å². The number of aliphatic carboxylic acids is 2. The molecule has 0 heterocycles. The molecular formula is C33H44N6O10. The summed E-state index contributed by atoms with van der Waals surface area (Å²) in [6.45, 7) is 4.21. The molecule has 0 aromatic heterocycles. The Morgan fingerprint density at radius 2 is 1.33 bits per heavy atom. The van der Waals surface area contributed by atoms with E-state index in [1.54, 1.807) is 56.3 Å². The van der Waals surface area contributed by atoms with Gasteiger partial charge >= 0.3 is 11.9 Å². The second-order valence-electron chi connectivity index (χ2n) is 11.6.